The second kappa shape index (κ2) is 62.5. The van der Waals surface area contributed by atoms with Crippen LogP contribution in [0.4, 0.5) is 0 Å². The van der Waals surface area contributed by atoms with E-state index in [2.05, 4.69) is 395 Å². The molecule has 0 atom stereocenters. The summed E-state index contributed by atoms with van der Waals surface area (Å²) in [4.78, 5) is 18.8. The highest BCUT2D eigenvalue weighted by atomic mass is 32.2. The molecule has 7 aliphatic heterocycles. The van der Waals surface area contributed by atoms with Crippen LogP contribution in [0.15, 0.2) is 149 Å². The van der Waals surface area contributed by atoms with E-state index in [-0.39, 0.29) is 15.5 Å². The summed E-state index contributed by atoms with van der Waals surface area (Å²) in [5.74, 6) is 125. The average Bonchev–Trinajstić information content (AvgIpc) is 1.56. The van der Waals surface area contributed by atoms with E-state index in [1.54, 1.807) is 74.0 Å². The number of carbonyl (C=O) groups excluding carboxylic acids is 1. The average molecular weight is 1790 g/mol. The summed E-state index contributed by atoms with van der Waals surface area (Å²) in [5.41, 5.74) is 2.61. The molecule has 12 rings (SSSR count). The molecule has 0 radical (unpaired) electrons. The lowest BCUT2D eigenvalue weighted by Gasteiger charge is -2.42. The van der Waals surface area contributed by atoms with E-state index in [4.69, 9.17) is 36.5 Å². The van der Waals surface area contributed by atoms with Crippen LogP contribution in [0.3, 0.4) is 0 Å². The number of rotatable bonds is 12. The van der Waals surface area contributed by atoms with Gasteiger partial charge in [-0.1, -0.05) is 96.9 Å². The SMILES string of the molecule is C#CC#CC#CC#CC#CC#CC#CC#CC#CC#CC#CC#CC#CC.C#CC#CC#CC#CC#CC#CC#CC#CC#CC#CC#CC#CC#C[CH2-].COc1ccc(S(=O)(=O)N2CCOC23CCN(Cc2ccccc2)CC3)cc1.COc1ccc(S(=O)(=O)N2CCOC23CCNCC3)cc1.O=C1CCN(Cc2ccccc2)CC1.c1ccc(CN2CCC3(CC2)NCCO3)cc1. The largest absolute Gasteiger partial charge is 0.497 e. The Morgan fingerprint density at radius 2 is 0.627 bits per heavy atom. The summed E-state index contributed by atoms with van der Waals surface area (Å²) in [6.45, 7) is 18.8. The number of methoxy groups -OCH3 is 2. The molecule has 7 aliphatic rings. The Morgan fingerprint density at radius 3 is 0.910 bits per heavy atom. The lowest BCUT2D eigenvalue weighted by Crippen LogP contribution is -2.54. The molecule has 0 unspecified atom stereocenters. The van der Waals surface area contributed by atoms with Crippen molar-refractivity contribution in [3.8, 4) is 320 Å². The van der Waals surface area contributed by atoms with Gasteiger partial charge in [0, 0.05) is 213 Å². The van der Waals surface area contributed by atoms with Crippen molar-refractivity contribution in [2.45, 2.75) is 105 Å². The van der Waals surface area contributed by atoms with Gasteiger partial charge in [-0.25, -0.2) is 22.8 Å². The van der Waals surface area contributed by atoms with Gasteiger partial charge in [0.05, 0.1) is 43.8 Å². The Kier molecular flexibility index (Phi) is 48.7. The molecule has 3 spiro atoms. The smallest absolute Gasteiger partial charge is 0.245 e. The predicted molar refractivity (Wildman–Crippen MR) is 523 cm³/mol. The van der Waals surface area contributed by atoms with E-state index in [9.17, 15) is 21.6 Å². The minimum absolute atomic E-state index is 0.00713. The molecule has 17 nitrogen and oxygen atoms in total. The zero-order chi connectivity index (χ0) is 95.3. The zero-order valence-corrected chi connectivity index (χ0v) is 76.1. The van der Waals surface area contributed by atoms with Gasteiger partial charge in [-0.3, -0.25) is 30.7 Å². The minimum Gasteiger partial charge on any atom is -0.497 e. The Bertz CT molecular complexity index is 6760. The number of hydrogen-bond donors (Lipinski definition) is 2. The maximum atomic E-state index is 13.3. The van der Waals surface area contributed by atoms with Crippen LogP contribution < -0.4 is 20.1 Å². The standard InChI is InChI=1S/C27H4.C27H3.C21H26N2O4S.C14H20N2O4S.C14H20N2O.C12H15NO/c2*1-3-5-7-9-11-13-15-17-19-21-23-25-27-26-24-22-20-18-16-14-12-10-8-6-4-2;1-26-19-7-9-20(10-8-19)28(24,25)23-15-16-27-21(23)11-13-22(14-12-21)17-18-5-3-2-4-6-18;1-19-12-2-4-13(5-3-12)21(17,18)16-10-11-20-14(16)6-8-15-9-7-14;1-2-4-13(5-3-1)12-16-9-6-14(7-10-16)15-8-11-17-14;14-12-6-8-13(9-7-12)10-11-4-2-1-3-5-11/h1H,2H3;1H,2H2;2-10H,11-17H2,1H3;2-5,15H,6-11H2,1H3;1-5,15H,6-12H2;1-5H,6-10H2/q;-1;;;;. The van der Waals surface area contributed by atoms with Gasteiger partial charge in [0.25, 0.3) is 0 Å². The third kappa shape index (κ3) is 39.9. The number of benzene rings is 5. The van der Waals surface area contributed by atoms with Crippen LogP contribution in [0.1, 0.15) is 75.0 Å². The van der Waals surface area contributed by atoms with Crippen molar-refractivity contribution < 1.29 is 45.3 Å². The first-order chi connectivity index (χ1) is 65.7. The molecule has 2 N–H and O–H groups in total. The molecule has 5 aromatic carbocycles. The van der Waals surface area contributed by atoms with Gasteiger partial charge in [-0.15, -0.1) is 18.8 Å². The zero-order valence-electron chi connectivity index (χ0n) is 74.5. The van der Waals surface area contributed by atoms with Gasteiger partial charge in [-0.05, 0) is 275 Å². The van der Waals surface area contributed by atoms with Crippen LogP contribution in [0.25, 0.3) is 0 Å². The number of Topliss-reactive ketones (excluding diaryl/α,β-unsaturated/α-hetero) is 1. The molecule has 0 aromatic heterocycles. The summed E-state index contributed by atoms with van der Waals surface area (Å²) in [6, 6.07) is 44.5. The van der Waals surface area contributed by atoms with E-state index >= 15 is 0 Å². The number of ketones is 1. The van der Waals surface area contributed by atoms with Crippen molar-refractivity contribution in [3.05, 3.63) is 163 Å². The third-order valence-corrected chi connectivity index (χ3v) is 23.3. The second-order valence-corrected chi connectivity index (χ2v) is 31.6. The number of piperidine rings is 4. The van der Waals surface area contributed by atoms with Crippen LogP contribution >= 0.6 is 0 Å². The molecule has 134 heavy (non-hydrogen) atoms. The molecule has 7 saturated heterocycles. The van der Waals surface area contributed by atoms with Crippen LogP contribution in [0.5, 0.6) is 11.5 Å². The third-order valence-electron chi connectivity index (χ3n) is 19.4. The number of ether oxygens (including phenoxy) is 5. The Hall–Kier alpha value is -16.7. The summed E-state index contributed by atoms with van der Waals surface area (Å²) in [5, 5.41) is 6.75. The maximum Gasteiger partial charge on any atom is 0.245 e. The van der Waals surface area contributed by atoms with Gasteiger partial charge >= 0.3 is 0 Å². The molecular weight excluding hydrogens is 1700 g/mol. The maximum absolute atomic E-state index is 13.3. The molecule has 0 aliphatic carbocycles. The lowest BCUT2D eigenvalue weighted by atomic mass is 10.00. The summed E-state index contributed by atoms with van der Waals surface area (Å²) in [7, 11) is -4.04. The van der Waals surface area contributed by atoms with Crippen LogP contribution in [0.2, 0.25) is 0 Å². The molecule has 656 valence electrons. The van der Waals surface area contributed by atoms with Gasteiger partial charge in [0.15, 0.2) is 0 Å². The normalized spacial score (nSPS) is 14.4. The monoisotopic (exact) mass is 1790 g/mol. The van der Waals surface area contributed by atoms with Crippen molar-refractivity contribution in [2.75, 3.05) is 106 Å². The Morgan fingerprint density at radius 1 is 0.343 bits per heavy atom. The topological polar surface area (TPSA) is 172 Å². The number of hydrogen-bond acceptors (Lipinski definition) is 15. The van der Waals surface area contributed by atoms with E-state index in [1.165, 1.54) is 21.0 Å². The van der Waals surface area contributed by atoms with Crippen LogP contribution in [0, 0.1) is 316 Å². The fraction of sp³-hybridized carbons (Fsp3) is 0.270. The summed E-state index contributed by atoms with van der Waals surface area (Å²) in [6.07, 6.45) is 16.2. The van der Waals surface area contributed by atoms with Gasteiger partial charge in [0.1, 0.15) is 34.5 Å². The quantitative estimate of drug-likeness (QED) is 0.0906. The van der Waals surface area contributed by atoms with Crippen molar-refractivity contribution >= 4 is 25.8 Å². The number of likely N-dealkylation sites (tertiary alicyclic amines) is 3. The van der Waals surface area contributed by atoms with Gasteiger partial charge in [0.2, 0.25) is 20.0 Å². The van der Waals surface area contributed by atoms with E-state index in [0.717, 1.165) is 111 Å². The second-order valence-electron chi connectivity index (χ2n) is 27.9. The predicted octanol–water partition coefficient (Wildman–Crippen LogP) is 8.13. The minimum atomic E-state index is -3.61. The summed E-state index contributed by atoms with van der Waals surface area (Å²) >= 11 is 0. The van der Waals surface area contributed by atoms with E-state index in [1.807, 2.05) is 24.3 Å². The number of nitrogens with zero attached hydrogens (tertiary/aromatic N) is 5. The van der Waals surface area contributed by atoms with Crippen LogP contribution in [-0.4, -0.2) is 169 Å². The first-order valence-corrected chi connectivity index (χ1v) is 44.7. The highest BCUT2D eigenvalue weighted by molar-refractivity contribution is 7.89. The molecule has 0 bridgehead atoms. The van der Waals surface area contributed by atoms with Gasteiger partial charge < -0.3 is 29.0 Å². The Balaban J connectivity index is 0.000000222. The van der Waals surface area contributed by atoms with E-state index < -0.39 is 31.5 Å². The number of carbonyl (C=O) groups is 1. The molecular formula is C115H88N7O10S2-. The van der Waals surface area contributed by atoms with Gasteiger partial charge in [-0.2, -0.15) is 15.5 Å². The molecule has 0 amide bonds. The van der Waals surface area contributed by atoms with Crippen molar-refractivity contribution in [3.63, 3.8) is 0 Å². The number of terminal acetylenes is 2. The highest BCUT2D eigenvalue weighted by Crippen LogP contribution is 2.40. The Labute approximate surface area is 794 Å². The van der Waals surface area contributed by atoms with Crippen molar-refractivity contribution in [2.24, 2.45) is 0 Å². The molecule has 19 heteroatoms. The first kappa shape index (κ1) is 104. The number of nitrogens with one attached hydrogen (secondary N) is 2. The lowest BCUT2D eigenvalue weighted by molar-refractivity contribution is -0.121. The molecule has 7 fully saturated rings. The molecule has 5 aromatic rings. The number of sulfonamides is 2. The first-order valence-electron chi connectivity index (χ1n) is 41.8. The van der Waals surface area contributed by atoms with Crippen LogP contribution in [-0.2, 0) is 58.7 Å². The summed E-state index contributed by atoms with van der Waals surface area (Å²) < 4.78 is 83.4. The highest BCUT2D eigenvalue weighted by Gasteiger charge is 2.51. The van der Waals surface area contributed by atoms with Crippen molar-refractivity contribution in [1.29, 1.82) is 0 Å². The fourth-order valence-corrected chi connectivity index (χ4v) is 16.7. The van der Waals surface area contributed by atoms with E-state index in [0.29, 0.717) is 69.3 Å². The molecule has 7 heterocycles. The van der Waals surface area contributed by atoms with Crippen molar-refractivity contribution in [1.82, 2.24) is 33.9 Å². The molecule has 0 saturated carbocycles. The fourth-order valence-electron chi connectivity index (χ4n) is 13.2.